The smallest absolute Gasteiger partial charge is 0.335 e. The number of nitrogens with one attached hydrogen (secondary N) is 2. The molecule has 8 heteroatoms. The summed E-state index contributed by atoms with van der Waals surface area (Å²) >= 11 is 0. The summed E-state index contributed by atoms with van der Waals surface area (Å²) in [6, 6.07) is 3.85. The largest absolute Gasteiger partial charge is 0.478 e. The van der Waals surface area contributed by atoms with E-state index in [1.807, 2.05) is 20.8 Å². The first-order chi connectivity index (χ1) is 10.7. The molecular weight excluding hydrogens is 320 g/mol. The molecule has 0 heterocycles. The second kappa shape index (κ2) is 8.28. The highest BCUT2D eigenvalue weighted by atomic mass is 32.2. The van der Waals surface area contributed by atoms with E-state index in [9.17, 15) is 13.2 Å². The molecule has 130 valence electrons. The van der Waals surface area contributed by atoms with Crippen LogP contribution in [0.4, 0.5) is 5.69 Å². The predicted molar refractivity (Wildman–Crippen MR) is 88.4 cm³/mol. The summed E-state index contributed by atoms with van der Waals surface area (Å²) < 4.78 is 32.5. The molecule has 23 heavy (non-hydrogen) atoms. The summed E-state index contributed by atoms with van der Waals surface area (Å²) in [5.74, 6) is -1.04. The fourth-order valence-electron chi connectivity index (χ4n) is 1.91. The first-order valence-corrected chi connectivity index (χ1v) is 8.78. The van der Waals surface area contributed by atoms with Crippen LogP contribution in [-0.2, 0) is 14.8 Å². The zero-order valence-corrected chi connectivity index (χ0v) is 14.6. The second-order valence-electron chi connectivity index (χ2n) is 5.76. The van der Waals surface area contributed by atoms with E-state index in [1.54, 1.807) is 7.11 Å². The Morgan fingerprint density at radius 3 is 2.48 bits per heavy atom. The van der Waals surface area contributed by atoms with Gasteiger partial charge in [-0.25, -0.2) is 17.9 Å². The molecule has 0 saturated heterocycles. The van der Waals surface area contributed by atoms with E-state index < -0.39 is 16.0 Å². The minimum atomic E-state index is -3.82. The Balaban J connectivity index is 3.22. The average molecular weight is 344 g/mol. The van der Waals surface area contributed by atoms with Crippen LogP contribution in [0, 0.1) is 5.92 Å². The van der Waals surface area contributed by atoms with Crippen LogP contribution >= 0.6 is 0 Å². The van der Waals surface area contributed by atoms with Crippen molar-refractivity contribution in [1.82, 2.24) is 4.72 Å². The summed E-state index contributed by atoms with van der Waals surface area (Å²) in [6.45, 7) is 6.27. The zero-order chi connectivity index (χ0) is 17.6. The molecule has 1 atom stereocenters. The number of benzene rings is 1. The number of hydrogen-bond donors (Lipinski definition) is 3. The van der Waals surface area contributed by atoms with E-state index in [1.165, 1.54) is 12.1 Å². The number of ether oxygens (including phenoxy) is 1. The fraction of sp³-hybridized carbons (Fsp3) is 0.533. The van der Waals surface area contributed by atoms with E-state index in [2.05, 4.69) is 10.0 Å². The van der Waals surface area contributed by atoms with E-state index in [4.69, 9.17) is 9.84 Å². The van der Waals surface area contributed by atoms with Crippen molar-refractivity contribution in [1.29, 1.82) is 0 Å². The standard InChI is InChI=1S/C15H24N2O5S/c1-10(2)8-16-23(20,21)14-7-12(15(18)19)5-6-13(14)17-11(3)9-22-4/h5-7,10-11,16-17H,8-9H2,1-4H3,(H,18,19)/t11-/m1/s1. The van der Waals surface area contributed by atoms with Gasteiger partial charge >= 0.3 is 5.97 Å². The van der Waals surface area contributed by atoms with Crippen LogP contribution in [0.2, 0.25) is 0 Å². The monoisotopic (exact) mass is 344 g/mol. The Kier molecular flexibility index (Phi) is 6.99. The number of carbonyl (C=O) groups is 1. The van der Waals surface area contributed by atoms with E-state index >= 15 is 0 Å². The number of sulfonamides is 1. The number of carboxylic acids is 1. The molecule has 1 aromatic carbocycles. The molecule has 0 bridgehead atoms. The van der Waals surface area contributed by atoms with Crippen molar-refractivity contribution in [2.75, 3.05) is 25.6 Å². The van der Waals surface area contributed by atoms with Crippen molar-refractivity contribution in [3.63, 3.8) is 0 Å². The van der Waals surface area contributed by atoms with Gasteiger partial charge in [0.25, 0.3) is 0 Å². The lowest BCUT2D eigenvalue weighted by molar-refractivity contribution is 0.0696. The second-order valence-corrected chi connectivity index (χ2v) is 7.50. The van der Waals surface area contributed by atoms with Crippen molar-refractivity contribution in [2.24, 2.45) is 5.92 Å². The average Bonchev–Trinajstić information content (AvgIpc) is 2.45. The number of aromatic carboxylic acids is 1. The SMILES string of the molecule is COC[C@@H](C)Nc1ccc(C(=O)O)cc1S(=O)(=O)NCC(C)C. The van der Waals surface area contributed by atoms with Crippen LogP contribution in [0.5, 0.6) is 0 Å². The first kappa shape index (κ1) is 19.4. The quantitative estimate of drug-likeness (QED) is 0.630. The maximum atomic E-state index is 12.5. The highest BCUT2D eigenvalue weighted by molar-refractivity contribution is 7.89. The van der Waals surface area contributed by atoms with Crippen LogP contribution in [0.25, 0.3) is 0 Å². The number of methoxy groups -OCH3 is 1. The molecular formula is C15H24N2O5S. The lowest BCUT2D eigenvalue weighted by atomic mass is 10.2. The maximum absolute atomic E-state index is 12.5. The molecule has 0 fully saturated rings. The number of rotatable bonds is 9. The Labute approximate surface area is 137 Å². The molecule has 1 rings (SSSR count). The predicted octanol–water partition coefficient (Wildman–Crippen LogP) is 1.77. The third-order valence-electron chi connectivity index (χ3n) is 3.02. The Hall–Kier alpha value is -1.64. The van der Waals surface area contributed by atoms with Gasteiger partial charge in [0.2, 0.25) is 10.0 Å². The van der Waals surface area contributed by atoms with Gasteiger partial charge in [-0.1, -0.05) is 13.8 Å². The highest BCUT2D eigenvalue weighted by Gasteiger charge is 2.21. The van der Waals surface area contributed by atoms with Crippen LogP contribution in [0.15, 0.2) is 23.1 Å². The van der Waals surface area contributed by atoms with Crippen molar-refractivity contribution in [2.45, 2.75) is 31.7 Å². The van der Waals surface area contributed by atoms with E-state index in [0.717, 1.165) is 6.07 Å². The Bertz CT molecular complexity index is 643. The molecule has 1 aromatic rings. The van der Waals surface area contributed by atoms with Crippen LogP contribution in [-0.4, -0.2) is 45.8 Å². The van der Waals surface area contributed by atoms with Crippen LogP contribution in [0.1, 0.15) is 31.1 Å². The normalized spacial score (nSPS) is 13.1. The van der Waals surface area contributed by atoms with E-state index in [0.29, 0.717) is 12.3 Å². The molecule has 0 aromatic heterocycles. The van der Waals surface area contributed by atoms with Crippen molar-refractivity contribution in [3.8, 4) is 0 Å². The fourth-order valence-corrected chi connectivity index (χ4v) is 3.32. The number of carboxylic acid groups (broad SMARTS) is 1. The Morgan fingerprint density at radius 1 is 1.30 bits per heavy atom. The summed E-state index contributed by atoms with van der Waals surface area (Å²) in [5, 5.41) is 12.1. The van der Waals surface area contributed by atoms with Crippen molar-refractivity contribution >= 4 is 21.7 Å². The summed E-state index contributed by atoms with van der Waals surface area (Å²) in [6.07, 6.45) is 0. The van der Waals surface area contributed by atoms with Crippen LogP contribution < -0.4 is 10.0 Å². The van der Waals surface area contributed by atoms with Crippen LogP contribution in [0.3, 0.4) is 0 Å². The minimum Gasteiger partial charge on any atom is -0.478 e. The number of hydrogen-bond acceptors (Lipinski definition) is 5. The highest BCUT2D eigenvalue weighted by Crippen LogP contribution is 2.24. The van der Waals surface area contributed by atoms with E-state index in [-0.39, 0.29) is 29.0 Å². The molecule has 0 aliphatic heterocycles. The molecule has 7 nitrogen and oxygen atoms in total. The van der Waals surface area contributed by atoms with Gasteiger partial charge in [-0.2, -0.15) is 0 Å². The van der Waals surface area contributed by atoms with Gasteiger partial charge in [-0.05, 0) is 31.0 Å². The van der Waals surface area contributed by atoms with Crippen molar-refractivity contribution in [3.05, 3.63) is 23.8 Å². The van der Waals surface area contributed by atoms with Gasteiger partial charge in [0.15, 0.2) is 0 Å². The number of anilines is 1. The van der Waals surface area contributed by atoms with Gasteiger partial charge in [-0.3, -0.25) is 0 Å². The van der Waals surface area contributed by atoms with Gasteiger partial charge in [-0.15, -0.1) is 0 Å². The summed E-state index contributed by atoms with van der Waals surface area (Å²) in [5.41, 5.74) is 0.260. The molecule has 0 spiro atoms. The minimum absolute atomic E-state index is 0.0824. The molecule has 0 aliphatic carbocycles. The first-order valence-electron chi connectivity index (χ1n) is 7.30. The van der Waals surface area contributed by atoms with Crippen molar-refractivity contribution < 1.29 is 23.1 Å². The van der Waals surface area contributed by atoms with Gasteiger partial charge < -0.3 is 15.2 Å². The molecule has 0 saturated carbocycles. The lowest BCUT2D eigenvalue weighted by Crippen LogP contribution is -2.29. The van der Waals surface area contributed by atoms with Gasteiger partial charge in [0, 0.05) is 19.7 Å². The molecule has 0 radical (unpaired) electrons. The topological polar surface area (TPSA) is 105 Å². The lowest BCUT2D eigenvalue weighted by Gasteiger charge is -2.18. The maximum Gasteiger partial charge on any atom is 0.335 e. The summed E-state index contributed by atoms with van der Waals surface area (Å²) in [7, 11) is -2.27. The Morgan fingerprint density at radius 2 is 1.96 bits per heavy atom. The third-order valence-corrected chi connectivity index (χ3v) is 4.48. The third kappa shape index (κ3) is 5.81. The molecule has 0 amide bonds. The zero-order valence-electron chi connectivity index (χ0n) is 13.8. The summed E-state index contributed by atoms with van der Waals surface area (Å²) in [4.78, 5) is 11.0. The molecule has 0 aliphatic rings. The molecule has 0 unspecified atom stereocenters. The molecule has 3 N–H and O–H groups in total. The van der Waals surface area contributed by atoms with Gasteiger partial charge in [0.1, 0.15) is 4.90 Å². The van der Waals surface area contributed by atoms with Gasteiger partial charge in [0.05, 0.1) is 17.9 Å².